The zero-order valence-electron chi connectivity index (χ0n) is 33.7. The number of aromatic nitrogens is 4. The monoisotopic (exact) mass is 1120 g/mol. The SMILES string of the molecule is CSc1nc(N)c2c(n1)C([C@@H]1O[C@H](COP(=O)(S)OP(=O)(O)C(Cl)(Cl)P(=O)(O)OP(O)(=S)OC[C@H]3O[C@@H](C4C=Nc5c(N)nc(SC)nc54)[C@H](O)[C@@H]3O)[C@@H](O)[C@H]1O)C=N2.[Na+].[Na+].[Na+].[Na+]. The van der Waals surface area contributed by atoms with E-state index in [0.29, 0.717) is 21.7 Å². The zero-order chi connectivity index (χ0) is 43.6. The number of halogens is 2. The van der Waals surface area contributed by atoms with E-state index in [1.165, 1.54) is 36.0 Å². The third kappa shape index (κ3) is 13.6. The molecule has 0 spiro atoms. The molecule has 0 radical (unpaired) electrons. The van der Waals surface area contributed by atoms with Gasteiger partial charge in [0.2, 0.25) is 0 Å². The van der Waals surface area contributed by atoms with E-state index in [9.17, 15) is 48.8 Å². The number of thioether (sulfide) groups is 2. The Bertz CT molecular complexity index is 2120. The van der Waals surface area contributed by atoms with Crippen LogP contribution in [0, 0.1) is 0 Å². The van der Waals surface area contributed by atoms with Crippen molar-refractivity contribution in [2.24, 2.45) is 9.98 Å². The fourth-order valence-corrected chi connectivity index (χ4v) is 16.1. The molecule has 2 saturated heterocycles. The van der Waals surface area contributed by atoms with Gasteiger partial charge < -0.3 is 60.6 Å². The first-order valence-corrected chi connectivity index (χ1v) is 27.9. The summed E-state index contributed by atoms with van der Waals surface area (Å²) in [6.45, 7) is -12.0. The molecule has 4 aliphatic heterocycles. The van der Waals surface area contributed by atoms with Gasteiger partial charge in [-0.25, -0.2) is 33.1 Å². The predicted molar refractivity (Wildman–Crippen MR) is 221 cm³/mol. The van der Waals surface area contributed by atoms with Crippen molar-refractivity contribution in [3.63, 3.8) is 0 Å². The normalized spacial score (nSPS) is 30.9. The Morgan fingerprint density at radius 3 is 1.51 bits per heavy atom. The number of rotatable bonds is 16. The molecule has 0 amide bonds. The van der Waals surface area contributed by atoms with Gasteiger partial charge in [0.25, 0.3) is 0 Å². The minimum absolute atomic E-state index is 0. The van der Waals surface area contributed by atoms with Crippen LogP contribution in [0.2, 0.25) is 0 Å². The number of anilines is 2. The first-order chi connectivity index (χ1) is 27.3. The molecule has 2 aromatic heterocycles. The Hall–Kier alpha value is 3.55. The second kappa shape index (κ2) is 24.5. The van der Waals surface area contributed by atoms with E-state index in [0.717, 1.165) is 0 Å². The van der Waals surface area contributed by atoms with Gasteiger partial charge in [-0.05, 0) is 24.3 Å². The van der Waals surface area contributed by atoms with E-state index in [-0.39, 0.29) is 141 Å². The summed E-state index contributed by atoms with van der Waals surface area (Å²) in [5.41, 5.74) is 13.0. The van der Waals surface area contributed by atoms with Gasteiger partial charge in [0.05, 0.1) is 36.4 Å². The third-order valence-electron chi connectivity index (χ3n) is 8.98. The zero-order valence-corrected chi connectivity index (χ0v) is 50.1. The first-order valence-electron chi connectivity index (χ1n) is 16.3. The van der Waals surface area contributed by atoms with Gasteiger partial charge in [-0.15, -0.1) is 0 Å². The summed E-state index contributed by atoms with van der Waals surface area (Å²) >= 11 is 22.4. The number of aliphatic hydroxyl groups excluding tert-OH is 4. The molecule has 0 aromatic carbocycles. The maximum Gasteiger partial charge on any atom is 1.00 e. The number of fused-ring (bicyclic) bond motifs is 2. The van der Waals surface area contributed by atoms with Crippen LogP contribution >= 0.6 is 87.7 Å². The number of nitrogen functional groups attached to an aromatic ring is 2. The fraction of sp³-hybridized carbons (Fsp3) is 0.600. The first kappa shape index (κ1) is 62.7. The van der Waals surface area contributed by atoms with Crippen LogP contribution in [0.3, 0.4) is 0 Å². The van der Waals surface area contributed by atoms with Crippen molar-refractivity contribution < 1.29 is 194 Å². The topological polar surface area (TPSA) is 377 Å². The number of ether oxygens (including phenoxy) is 2. The van der Waals surface area contributed by atoms with Crippen molar-refractivity contribution in [1.29, 1.82) is 0 Å². The molecule has 6 heterocycles. The summed E-state index contributed by atoms with van der Waals surface area (Å²) in [5, 5.41) is 43.6. The van der Waals surface area contributed by atoms with Crippen molar-refractivity contribution in [1.82, 2.24) is 19.9 Å². The van der Waals surface area contributed by atoms with Crippen LogP contribution in [0.4, 0.5) is 23.0 Å². The molecule has 11 N–H and O–H groups in total. The summed E-state index contributed by atoms with van der Waals surface area (Å²) in [4.78, 5) is 57.1. The molecule has 14 atom stereocenters. The van der Waals surface area contributed by atoms with E-state index in [4.69, 9.17) is 65.0 Å². The van der Waals surface area contributed by atoms with Gasteiger partial charge in [-0.2, -0.15) is 0 Å². The van der Waals surface area contributed by atoms with Crippen molar-refractivity contribution in [2.75, 3.05) is 37.2 Å². The standard InChI is InChI=1S/C25H34Cl2N8O16P4S4.4Na/c1-58-23-32-11-7(3-30-13(11)21(28)34-23)19-17(38)15(36)9(48-19)5-46-54(44,56)50-52(40,41)25(26,27)53(42,43)51-55(45,57)47-6-10-16(37)18(39)20(49-10)8-4-31-14-12(8)33-24(59-2)35-22(14)29;;;;/h3-4,7-10,15-20,36-39H,5-6H2,1-2H3,(H,40,41)(H,42,43)(H,44,56)(H,45,57)(H2,28,32,34)(H2,29,33,35);;;;/q;4*+1/t7?,8?,9-,10-,15-,16-,17-,18-,19+,20+,54?,55?;;;;/m1..../s1. The maximum absolute atomic E-state index is 13.2. The van der Waals surface area contributed by atoms with Gasteiger partial charge in [0, 0.05) is 12.4 Å². The number of aliphatic hydroxyl groups is 4. The smallest absolute Gasteiger partial charge is 0.388 e. The molecule has 2 fully saturated rings. The van der Waals surface area contributed by atoms with Crippen molar-refractivity contribution in [2.45, 2.75) is 74.8 Å². The number of hydrogen-bond acceptors (Lipinski definition) is 24. The van der Waals surface area contributed by atoms with Crippen LogP contribution in [0.1, 0.15) is 23.2 Å². The van der Waals surface area contributed by atoms with Gasteiger partial charge in [0.15, 0.2) is 21.9 Å². The summed E-state index contributed by atoms with van der Waals surface area (Å²) in [6, 6.07) is 0. The Morgan fingerprint density at radius 1 is 0.730 bits per heavy atom. The summed E-state index contributed by atoms with van der Waals surface area (Å²) in [7, 11) is -12.2. The second-order valence-electron chi connectivity index (χ2n) is 12.7. The van der Waals surface area contributed by atoms with E-state index >= 15 is 0 Å². The van der Waals surface area contributed by atoms with Crippen molar-refractivity contribution in [3.05, 3.63) is 11.4 Å². The van der Waals surface area contributed by atoms with E-state index < -0.39 is 106 Å². The molecule has 38 heteroatoms. The largest absolute Gasteiger partial charge is 1.00 e. The molecule has 4 aliphatic rings. The number of nitrogens with zero attached hydrogens (tertiary/aromatic N) is 6. The maximum atomic E-state index is 13.2. The number of nitrogens with two attached hydrogens (primary N) is 2. The molecular weight excluding hydrogens is 1080 g/mol. The Labute approximate surface area is 475 Å². The summed E-state index contributed by atoms with van der Waals surface area (Å²) in [6.07, 6.45) is -5.75. The predicted octanol–water partition coefficient (Wildman–Crippen LogP) is -10.1. The van der Waals surface area contributed by atoms with Crippen molar-refractivity contribution in [3.8, 4) is 0 Å². The van der Waals surface area contributed by atoms with Gasteiger partial charge in [-0.3, -0.25) is 23.6 Å². The number of alkyl halides is 2. The second-order valence-corrected chi connectivity index (χ2v) is 27.0. The fourth-order valence-electron chi connectivity index (χ4n) is 6.12. The number of aliphatic imine (C=N–C) groups is 2. The molecule has 0 saturated carbocycles. The van der Waals surface area contributed by atoms with Crippen LogP contribution in [0.25, 0.3) is 0 Å². The number of thiol groups is 1. The minimum atomic E-state index is -6.10. The molecule has 0 aliphatic carbocycles. The van der Waals surface area contributed by atoms with E-state index in [2.05, 4.69) is 50.8 Å². The average Bonchev–Trinajstić information content (AvgIpc) is 3.90. The van der Waals surface area contributed by atoms with E-state index in [1.54, 1.807) is 12.5 Å². The molecule has 6 unspecified atom stereocenters. The molecule has 6 rings (SSSR count). The molecule has 63 heavy (non-hydrogen) atoms. The quantitative estimate of drug-likeness (QED) is 0.0186. The van der Waals surface area contributed by atoms with Gasteiger partial charge in [0.1, 0.15) is 60.2 Å². The van der Waals surface area contributed by atoms with Crippen LogP contribution < -0.4 is 130 Å². The summed E-state index contributed by atoms with van der Waals surface area (Å²) in [5.74, 6) is -1.52. The molecule has 24 nitrogen and oxygen atoms in total. The molecule has 328 valence electrons. The minimum Gasteiger partial charge on any atom is -0.388 e. The number of hydrogen-bond donors (Lipinski definition) is 10. The third-order valence-corrected chi connectivity index (χ3v) is 21.8. The van der Waals surface area contributed by atoms with E-state index in [1.807, 2.05) is 0 Å². The Morgan fingerprint density at radius 2 is 1.11 bits per heavy atom. The molecule has 2 aromatic rings. The molecular formula is C25H34Cl2N8Na4O16P4S4+4. The summed E-state index contributed by atoms with van der Waals surface area (Å²) < 4.78 is 66.3. The van der Waals surface area contributed by atoms with Gasteiger partial charge >= 0.3 is 151 Å². The van der Waals surface area contributed by atoms with Crippen LogP contribution in [0.15, 0.2) is 20.3 Å². The van der Waals surface area contributed by atoms with Crippen LogP contribution in [-0.2, 0) is 52.6 Å². The Kier molecular flexibility index (Phi) is 24.4. The van der Waals surface area contributed by atoms with Crippen molar-refractivity contribution >= 4 is 135 Å². The average molecular weight is 1120 g/mol. The van der Waals surface area contributed by atoms with Crippen LogP contribution in [0.5, 0.6) is 0 Å². The van der Waals surface area contributed by atoms with Gasteiger partial charge in [-0.1, -0.05) is 59.0 Å². The Balaban J connectivity index is 0.00000341. The molecule has 0 bridgehead atoms. The van der Waals surface area contributed by atoms with Crippen LogP contribution in [-0.4, -0.2) is 146 Å².